The molecule has 57 heavy (non-hydrogen) atoms. The third-order valence-corrected chi connectivity index (χ3v) is 15.2. The molecule has 3 heteroatoms. The van der Waals surface area contributed by atoms with Gasteiger partial charge in [-0.15, -0.1) is 11.3 Å². The van der Waals surface area contributed by atoms with Crippen LogP contribution in [0, 0.1) is 0 Å². The van der Waals surface area contributed by atoms with Crippen LogP contribution in [-0.4, -0.2) is 4.57 Å². The van der Waals surface area contributed by atoms with E-state index in [2.05, 4.69) is 168 Å². The Bertz CT molecular complexity index is 3450. The van der Waals surface area contributed by atoms with E-state index < -0.39 is 0 Å². The molecule has 0 spiro atoms. The quantitative estimate of drug-likeness (QED) is 0.186. The first kappa shape index (κ1) is 30.8. The van der Waals surface area contributed by atoms with Gasteiger partial charge in [0, 0.05) is 48.6 Å². The van der Waals surface area contributed by atoms with E-state index in [0.717, 1.165) is 19.3 Å². The molecule has 8 aromatic carbocycles. The Kier molecular flexibility index (Phi) is 6.00. The standard InChI is InChI=1S/C54H36N2S/c1-2-14-31-30(13-1)27-28-44-48(31)52-51-41-24-11-21-35-32-15-3-4-18-36(32)49(47(35)41)50(51)37-19-5-6-20-38(37)53(52)56(44)46-29-42(33-16-7-9-25-43(33)55-46)40-23-12-22-39-34-17-8-10-26-45(34)57-54(39)40/h1-9,11-25,27-28,42,46,49,55H,10,26,29H2. The molecule has 1 aliphatic heterocycles. The summed E-state index contributed by atoms with van der Waals surface area (Å²) in [5.74, 6) is 0.463. The van der Waals surface area contributed by atoms with Crippen LogP contribution in [0.1, 0.15) is 69.1 Å². The Morgan fingerprint density at radius 1 is 0.579 bits per heavy atom. The number of nitrogens with one attached hydrogen (secondary N) is 1. The molecular formula is C54H36N2S. The summed E-state index contributed by atoms with van der Waals surface area (Å²) in [5.41, 5.74) is 18.2. The number of anilines is 1. The highest BCUT2D eigenvalue weighted by Gasteiger charge is 2.42. The largest absolute Gasteiger partial charge is 0.365 e. The van der Waals surface area contributed by atoms with Gasteiger partial charge in [-0.05, 0) is 103 Å². The van der Waals surface area contributed by atoms with Crippen molar-refractivity contribution in [2.75, 3.05) is 5.32 Å². The van der Waals surface area contributed by atoms with Gasteiger partial charge in [0.15, 0.2) is 0 Å². The zero-order chi connectivity index (χ0) is 36.9. The maximum atomic E-state index is 4.18. The number of benzene rings is 8. The number of hydrogen-bond acceptors (Lipinski definition) is 2. The average Bonchev–Trinajstić information content (AvgIpc) is 4.02. The Morgan fingerprint density at radius 3 is 2.26 bits per heavy atom. The number of allylic oxidation sites excluding steroid dienone is 1. The molecule has 1 N–H and O–H groups in total. The van der Waals surface area contributed by atoms with Gasteiger partial charge in [-0.25, -0.2) is 0 Å². The van der Waals surface area contributed by atoms with E-state index in [0.29, 0.717) is 0 Å². The van der Waals surface area contributed by atoms with Gasteiger partial charge >= 0.3 is 0 Å². The van der Waals surface area contributed by atoms with Crippen LogP contribution < -0.4 is 5.32 Å². The molecule has 2 nitrogen and oxygen atoms in total. The van der Waals surface area contributed by atoms with Gasteiger partial charge in [0.25, 0.3) is 0 Å². The lowest BCUT2D eigenvalue weighted by atomic mass is 9.83. The second kappa shape index (κ2) is 11.1. The Hall–Kier alpha value is -6.42. The van der Waals surface area contributed by atoms with Gasteiger partial charge < -0.3 is 9.88 Å². The molecule has 0 amide bonds. The van der Waals surface area contributed by atoms with E-state index >= 15 is 0 Å². The van der Waals surface area contributed by atoms with Crippen LogP contribution in [0.3, 0.4) is 0 Å². The van der Waals surface area contributed by atoms with Gasteiger partial charge in [-0.1, -0.05) is 146 Å². The molecule has 4 aliphatic rings. The summed E-state index contributed by atoms with van der Waals surface area (Å²) in [7, 11) is 0. The molecule has 0 fully saturated rings. The summed E-state index contributed by atoms with van der Waals surface area (Å²) in [6.45, 7) is 0. The predicted molar refractivity (Wildman–Crippen MR) is 241 cm³/mol. The van der Waals surface area contributed by atoms with Crippen molar-refractivity contribution in [3.8, 4) is 22.3 Å². The van der Waals surface area contributed by atoms with Gasteiger partial charge in [-0.2, -0.15) is 0 Å². The van der Waals surface area contributed by atoms with Crippen molar-refractivity contribution in [1.29, 1.82) is 0 Å². The Labute approximate surface area is 334 Å². The summed E-state index contributed by atoms with van der Waals surface area (Å²) in [6, 6.07) is 55.5. The summed E-state index contributed by atoms with van der Waals surface area (Å²) in [6.07, 6.45) is 7.96. The Balaban J connectivity index is 1.10. The summed E-state index contributed by atoms with van der Waals surface area (Å²) in [4.78, 5) is 1.53. The number of aromatic nitrogens is 1. The minimum atomic E-state index is 0.0221. The van der Waals surface area contributed by atoms with E-state index in [4.69, 9.17) is 0 Å². The second-order valence-electron chi connectivity index (χ2n) is 16.5. The number of aryl methyl sites for hydroxylation is 1. The monoisotopic (exact) mass is 744 g/mol. The SMILES string of the molecule is C1=Cc2c(sc3c(C4CC(n5c6ccc7ccccc7c6c6c7c(c8ccccc8c65)C5c6ccccc6-c6cccc-7c65)Nc5ccccc54)cccc23)CC1. The maximum Gasteiger partial charge on any atom is 0.105 e. The lowest BCUT2D eigenvalue weighted by Gasteiger charge is -2.35. The lowest BCUT2D eigenvalue weighted by molar-refractivity contribution is 0.499. The number of rotatable bonds is 2. The smallest absolute Gasteiger partial charge is 0.105 e. The second-order valence-corrected chi connectivity index (χ2v) is 17.6. The van der Waals surface area contributed by atoms with Crippen LogP contribution in [0.5, 0.6) is 0 Å². The number of hydrogen-bond donors (Lipinski definition) is 1. The topological polar surface area (TPSA) is 17.0 Å². The van der Waals surface area contributed by atoms with Crippen molar-refractivity contribution in [3.05, 3.63) is 190 Å². The molecule has 0 radical (unpaired) electrons. The van der Waals surface area contributed by atoms with Gasteiger partial charge in [0.1, 0.15) is 6.17 Å². The van der Waals surface area contributed by atoms with E-state index in [1.165, 1.54) is 120 Å². The predicted octanol–water partition coefficient (Wildman–Crippen LogP) is 14.6. The molecular weight excluding hydrogens is 709 g/mol. The fraction of sp³-hybridized carbons (Fsp3) is 0.111. The molecule has 3 atom stereocenters. The van der Waals surface area contributed by atoms with Gasteiger partial charge in [-0.3, -0.25) is 0 Å². The van der Waals surface area contributed by atoms with Crippen LogP contribution in [0.15, 0.2) is 152 Å². The van der Waals surface area contributed by atoms with Crippen molar-refractivity contribution in [2.24, 2.45) is 0 Å². The molecule has 268 valence electrons. The first-order valence-corrected chi connectivity index (χ1v) is 21.3. The third-order valence-electron chi connectivity index (χ3n) is 13.9. The molecule has 0 bridgehead atoms. The van der Waals surface area contributed by atoms with Crippen LogP contribution in [0.25, 0.3) is 81.8 Å². The molecule has 3 unspecified atom stereocenters. The van der Waals surface area contributed by atoms with Crippen molar-refractivity contribution >= 4 is 76.5 Å². The van der Waals surface area contributed by atoms with Crippen molar-refractivity contribution < 1.29 is 0 Å². The zero-order valence-corrected chi connectivity index (χ0v) is 32.0. The van der Waals surface area contributed by atoms with E-state index in [9.17, 15) is 0 Å². The summed E-state index contributed by atoms with van der Waals surface area (Å²) >= 11 is 2.03. The minimum Gasteiger partial charge on any atom is -0.365 e. The number of para-hydroxylation sites is 1. The third kappa shape index (κ3) is 3.90. The first-order chi connectivity index (χ1) is 28.3. The van der Waals surface area contributed by atoms with Gasteiger partial charge in [0.05, 0.1) is 11.0 Å². The summed E-state index contributed by atoms with van der Waals surface area (Å²) < 4.78 is 4.18. The molecule has 2 aromatic heterocycles. The highest BCUT2D eigenvalue weighted by molar-refractivity contribution is 7.19. The molecule has 3 heterocycles. The molecule has 0 saturated carbocycles. The number of thiophene rings is 1. The van der Waals surface area contributed by atoms with Crippen LogP contribution in [0.4, 0.5) is 5.69 Å². The van der Waals surface area contributed by atoms with Crippen LogP contribution in [0.2, 0.25) is 0 Å². The van der Waals surface area contributed by atoms with E-state index in [-0.39, 0.29) is 18.0 Å². The Morgan fingerprint density at radius 2 is 1.32 bits per heavy atom. The fourth-order valence-corrected chi connectivity index (χ4v) is 13.1. The van der Waals surface area contributed by atoms with Gasteiger partial charge in [0.2, 0.25) is 0 Å². The van der Waals surface area contributed by atoms with E-state index in [1.54, 1.807) is 0 Å². The van der Waals surface area contributed by atoms with E-state index in [1.807, 2.05) is 11.3 Å². The molecule has 14 rings (SSSR count). The van der Waals surface area contributed by atoms with Crippen molar-refractivity contribution in [2.45, 2.75) is 37.3 Å². The molecule has 10 aromatic rings. The fourth-order valence-electron chi connectivity index (χ4n) is 11.7. The minimum absolute atomic E-state index is 0.0221. The number of nitrogens with zero attached hydrogens (tertiary/aromatic N) is 1. The highest BCUT2D eigenvalue weighted by Crippen LogP contribution is 2.62. The van der Waals surface area contributed by atoms with Crippen LogP contribution in [-0.2, 0) is 6.42 Å². The number of fused-ring (bicyclic) bond motifs is 19. The van der Waals surface area contributed by atoms with Crippen LogP contribution >= 0.6 is 11.3 Å². The normalized spacial score (nSPS) is 18.6. The van der Waals surface area contributed by atoms with Crippen molar-refractivity contribution in [3.63, 3.8) is 0 Å². The first-order valence-electron chi connectivity index (χ1n) is 20.5. The zero-order valence-electron chi connectivity index (χ0n) is 31.2. The molecule has 3 aliphatic carbocycles. The average molecular weight is 745 g/mol. The van der Waals surface area contributed by atoms with Crippen molar-refractivity contribution in [1.82, 2.24) is 4.57 Å². The molecule has 0 saturated heterocycles. The highest BCUT2D eigenvalue weighted by atomic mass is 32.1. The summed E-state index contributed by atoms with van der Waals surface area (Å²) in [5, 5.41) is 13.7. The maximum absolute atomic E-state index is 4.18. The lowest BCUT2D eigenvalue weighted by Crippen LogP contribution is -2.27.